The van der Waals surface area contributed by atoms with E-state index in [1.165, 1.54) is 17.5 Å². The summed E-state index contributed by atoms with van der Waals surface area (Å²) in [6, 6.07) is 8.41. The molecule has 1 heterocycles. The van der Waals surface area contributed by atoms with Crippen LogP contribution in [0.2, 0.25) is 0 Å². The largest absolute Gasteiger partial charge is 0.381 e. The highest BCUT2D eigenvalue weighted by Crippen LogP contribution is 2.11. The van der Waals surface area contributed by atoms with Gasteiger partial charge >= 0.3 is 0 Å². The summed E-state index contributed by atoms with van der Waals surface area (Å²) in [5.74, 6) is 1.28. The molecule has 0 amide bonds. The lowest BCUT2D eigenvalue weighted by Crippen LogP contribution is -2.22. The van der Waals surface area contributed by atoms with Crippen molar-refractivity contribution in [2.75, 3.05) is 19.8 Å². The molecule has 0 aliphatic carbocycles. The van der Waals surface area contributed by atoms with E-state index in [4.69, 9.17) is 16.3 Å². The second-order valence-corrected chi connectivity index (χ2v) is 4.58. The van der Waals surface area contributed by atoms with E-state index in [9.17, 15) is 0 Å². The van der Waals surface area contributed by atoms with E-state index < -0.39 is 0 Å². The molecule has 0 saturated carbocycles. The van der Waals surface area contributed by atoms with Gasteiger partial charge in [0.25, 0.3) is 0 Å². The number of alkyl halides is 1. The third kappa shape index (κ3) is 3.48. The fraction of sp³-hybridized carbons (Fsp3) is 0.538. The molecule has 2 nitrogen and oxygen atoms in total. The van der Waals surface area contributed by atoms with Gasteiger partial charge in [0.2, 0.25) is 0 Å². The second-order valence-electron chi connectivity index (χ2n) is 4.31. The topological polar surface area (TPSA) is 21.3 Å². The van der Waals surface area contributed by atoms with Crippen LogP contribution < -0.4 is 5.32 Å². The molecule has 0 bridgehead atoms. The Kier molecular flexibility index (Phi) is 4.64. The van der Waals surface area contributed by atoms with Crippen molar-refractivity contribution >= 4 is 11.6 Å². The molecule has 1 fully saturated rings. The van der Waals surface area contributed by atoms with Crippen LogP contribution in [0.25, 0.3) is 0 Å². The van der Waals surface area contributed by atoms with Crippen molar-refractivity contribution in [3.63, 3.8) is 0 Å². The van der Waals surface area contributed by atoms with Gasteiger partial charge in [-0.3, -0.25) is 0 Å². The molecule has 88 valence electrons. The van der Waals surface area contributed by atoms with Crippen molar-refractivity contribution in [3.05, 3.63) is 35.4 Å². The average Bonchev–Trinajstić information content (AvgIpc) is 2.82. The lowest BCUT2D eigenvalue weighted by Gasteiger charge is -2.09. The van der Waals surface area contributed by atoms with Gasteiger partial charge in [-0.25, -0.2) is 0 Å². The first-order chi connectivity index (χ1) is 7.88. The molecule has 1 unspecified atom stereocenters. The van der Waals surface area contributed by atoms with Crippen LogP contribution in [-0.4, -0.2) is 19.8 Å². The fourth-order valence-corrected chi connectivity index (χ4v) is 2.15. The second kappa shape index (κ2) is 6.24. The van der Waals surface area contributed by atoms with E-state index in [0.29, 0.717) is 11.8 Å². The standard InChI is InChI=1S/C13H18ClNO/c14-7-11-2-1-3-12(6-11)8-15-9-13-4-5-16-10-13/h1-3,6,13,15H,4-5,7-10H2. The monoisotopic (exact) mass is 239 g/mol. The highest BCUT2D eigenvalue weighted by molar-refractivity contribution is 6.17. The zero-order chi connectivity index (χ0) is 11.2. The lowest BCUT2D eigenvalue weighted by molar-refractivity contribution is 0.185. The summed E-state index contributed by atoms with van der Waals surface area (Å²) < 4.78 is 5.34. The van der Waals surface area contributed by atoms with Gasteiger partial charge in [-0.1, -0.05) is 24.3 Å². The summed E-state index contributed by atoms with van der Waals surface area (Å²) in [4.78, 5) is 0. The molecular weight excluding hydrogens is 222 g/mol. The molecule has 0 spiro atoms. The van der Waals surface area contributed by atoms with Crippen LogP contribution in [0, 0.1) is 5.92 Å². The molecule has 1 aromatic carbocycles. The Bertz CT molecular complexity index is 323. The van der Waals surface area contributed by atoms with Gasteiger partial charge in [-0.2, -0.15) is 0 Å². The maximum Gasteiger partial charge on any atom is 0.0507 e. The van der Waals surface area contributed by atoms with Crippen LogP contribution in [-0.2, 0) is 17.2 Å². The molecule has 1 atom stereocenters. The predicted molar refractivity (Wildman–Crippen MR) is 66.6 cm³/mol. The number of rotatable bonds is 5. The Morgan fingerprint density at radius 3 is 3.00 bits per heavy atom. The maximum atomic E-state index is 5.80. The Hall–Kier alpha value is -0.570. The minimum Gasteiger partial charge on any atom is -0.381 e. The van der Waals surface area contributed by atoms with Gasteiger partial charge in [0.15, 0.2) is 0 Å². The van der Waals surface area contributed by atoms with E-state index in [1.54, 1.807) is 0 Å². The Balaban J connectivity index is 1.75. The van der Waals surface area contributed by atoms with Gasteiger partial charge in [-0.15, -0.1) is 11.6 Å². The van der Waals surface area contributed by atoms with Crippen molar-refractivity contribution in [1.82, 2.24) is 5.32 Å². The van der Waals surface area contributed by atoms with Gasteiger partial charge in [0.05, 0.1) is 6.61 Å². The van der Waals surface area contributed by atoms with Crippen LogP contribution >= 0.6 is 11.6 Å². The van der Waals surface area contributed by atoms with Crippen LogP contribution in [0.3, 0.4) is 0 Å². The fourth-order valence-electron chi connectivity index (χ4n) is 1.99. The van der Waals surface area contributed by atoms with Gasteiger partial charge in [0, 0.05) is 25.6 Å². The number of nitrogens with one attached hydrogen (secondary N) is 1. The summed E-state index contributed by atoms with van der Waals surface area (Å²) in [5, 5.41) is 3.47. The number of benzene rings is 1. The molecule has 3 heteroatoms. The van der Waals surface area contributed by atoms with E-state index in [-0.39, 0.29) is 0 Å². The number of hydrogen-bond donors (Lipinski definition) is 1. The summed E-state index contributed by atoms with van der Waals surface area (Å²) >= 11 is 5.80. The van der Waals surface area contributed by atoms with Gasteiger partial charge in [0.1, 0.15) is 0 Å². The first-order valence-electron chi connectivity index (χ1n) is 5.80. The van der Waals surface area contributed by atoms with E-state index in [2.05, 4.69) is 29.6 Å². The SMILES string of the molecule is ClCc1cccc(CNCC2CCOC2)c1. The smallest absolute Gasteiger partial charge is 0.0507 e. The minimum atomic E-state index is 0.588. The Labute approximate surface area is 102 Å². The predicted octanol–water partition coefficient (Wildman–Crippen LogP) is 2.55. The van der Waals surface area contributed by atoms with Crippen molar-refractivity contribution in [2.24, 2.45) is 5.92 Å². The molecule has 1 N–H and O–H groups in total. The van der Waals surface area contributed by atoms with Crippen LogP contribution in [0.4, 0.5) is 0 Å². The van der Waals surface area contributed by atoms with Crippen LogP contribution in [0.5, 0.6) is 0 Å². The van der Waals surface area contributed by atoms with Gasteiger partial charge < -0.3 is 10.1 Å². The molecule has 1 aliphatic heterocycles. The van der Waals surface area contributed by atoms with Crippen LogP contribution in [0.1, 0.15) is 17.5 Å². The highest BCUT2D eigenvalue weighted by Gasteiger charge is 2.14. The molecule has 1 saturated heterocycles. The summed E-state index contributed by atoms with van der Waals surface area (Å²) in [7, 11) is 0. The summed E-state index contributed by atoms with van der Waals surface area (Å²) in [5.41, 5.74) is 2.49. The van der Waals surface area contributed by atoms with Crippen molar-refractivity contribution in [3.8, 4) is 0 Å². The molecule has 16 heavy (non-hydrogen) atoms. The molecule has 0 aromatic heterocycles. The molecular formula is C13H18ClNO. The Morgan fingerprint density at radius 2 is 2.25 bits per heavy atom. The maximum absolute atomic E-state index is 5.80. The molecule has 1 aromatic rings. The average molecular weight is 240 g/mol. The normalized spacial score (nSPS) is 20.2. The zero-order valence-electron chi connectivity index (χ0n) is 9.42. The van der Waals surface area contributed by atoms with E-state index >= 15 is 0 Å². The zero-order valence-corrected chi connectivity index (χ0v) is 10.2. The van der Waals surface area contributed by atoms with Crippen molar-refractivity contribution in [1.29, 1.82) is 0 Å². The highest BCUT2D eigenvalue weighted by atomic mass is 35.5. The van der Waals surface area contributed by atoms with E-state index in [0.717, 1.165) is 26.3 Å². The summed E-state index contributed by atoms with van der Waals surface area (Å²) in [6.45, 7) is 3.80. The lowest BCUT2D eigenvalue weighted by atomic mass is 10.1. The quantitative estimate of drug-likeness (QED) is 0.798. The molecule has 2 rings (SSSR count). The van der Waals surface area contributed by atoms with Crippen molar-refractivity contribution < 1.29 is 4.74 Å². The summed E-state index contributed by atoms with van der Waals surface area (Å²) in [6.07, 6.45) is 1.19. The number of hydrogen-bond acceptors (Lipinski definition) is 2. The van der Waals surface area contributed by atoms with Gasteiger partial charge in [-0.05, 0) is 23.5 Å². The first kappa shape index (κ1) is 11.9. The Morgan fingerprint density at radius 1 is 1.38 bits per heavy atom. The number of halogens is 1. The minimum absolute atomic E-state index is 0.588. The first-order valence-corrected chi connectivity index (χ1v) is 6.34. The molecule has 1 aliphatic rings. The molecule has 0 radical (unpaired) electrons. The van der Waals surface area contributed by atoms with E-state index in [1.807, 2.05) is 0 Å². The van der Waals surface area contributed by atoms with Crippen LogP contribution in [0.15, 0.2) is 24.3 Å². The van der Waals surface area contributed by atoms with Crippen molar-refractivity contribution in [2.45, 2.75) is 18.8 Å². The third-order valence-electron chi connectivity index (χ3n) is 2.93. The number of ether oxygens (including phenoxy) is 1. The third-order valence-corrected chi connectivity index (χ3v) is 3.24.